The number of ether oxygens (including phenoxy) is 1. The molecule has 1 atom stereocenters. The normalized spacial score (nSPS) is 12.6. The summed E-state index contributed by atoms with van der Waals surface area (Å²) in [7, 11) is 1.37. The molecule has 0 radical (unpaired) electrons. The predicted octanol–water partition coefficient (Wildman–Crippen LogP) is 3.16. The average molecular weight is 229 g/mol. The van der Waals surface area contributed by atoms with Gasteiger partial charge in [-0.3, -0.25) is 0 Å². The molecular weight excluding hydrogens is 212 g/mol. The lowest BCUT2D eigenvalue weighted by atomic mass is 10.0. The molecule has 0 spiro atoms. The summed E-state index contributed by atoms with van der Waals surface area (Å²) in [5.74, 6) is -1.11. The van der Waals surface area contributed by atoms with E-state index in [1.54, 1.807) is 0 Å². The highest BCUT2D eigenvalue weighted by Gasteiger charge is 2.17. The molecule has 4 heteroatoms. The van der Waals surface area contributed by atoms with Crippen LogP contribution in [0.25, 0.3) is 0 Å². The van der Waals surface area contributed by atoms with Crippen molar-refractivity contribution < 1.29 is 13.5 Å². The Balaban J connectivity index is 2.95. The summed E-state index contributed by atoms with van der Waals surface area (Å²) in [6.45, 7) is 2.01. The van der Waals surface area contributed by atoms with Gasteiger partial charge in [0.25, 0.3) is 0 Å². The van der Waals surface area contributed by atoms with Crippen LogP contribution < -0.4 is 10.5 Å². The summed E-state index contributed by atoms with van der Waals surface area (Å²) in [6, 6.07) is 1.72. The quantitative estimate of drug-likeness (QED) is 0.841. The molecule has 1 rings (SSSR count). The first-order valence-corrected chi connectivity index (χ1v) is 5.38. The van der Waals surface area contributed by atoms with Gasteiger partial charge in [0, 0.05) is 23.7 Å². The number of halogens is 2. The highest BCUT2D eigenvalue weighted by Crippen LogP contribution is 2.26. The lowest BCUT2D eigenvalue weighted by molar-refractivity contribution is 0.402. The predicted molar refractivity (Wildman–Crippen MR) is 59.4 cm³/mol. The number of methoxy groups -OCH3 is 1. The third-order valence-electron chi connectivity index (χ3n) is 2.53. The molecule has 0 amide bonds. The van der Waals surface area contributed by atoms with Gasteiger partial charge in [-0.1, -0.05) is 19.8 Å². The Morgan fingerprint density at radius 2 is 1.88 bits per heavy atom. The minimum atomic E-state index is -0.638. The van der Waals surface area contributed by atoms with Gasteiger partial charge in [0.05, 0.1) is 7.11 Å². The van der Waals surface area contributed by atoms with Crippen molar-refractivity contribution in [2.45, 2.75) is 32.2 Å². The van der Waals surface area contributed by atoms with Crippen molar-refractivity contribution in [3.8, 4) is 5.75 Å². The fraction of sp³-hybridized carbons (Fsp3) is 0.500. The molecule has 0 aliphatic heterocycles. The second-order valence-electron chi connectivity index (χ2n) is 3.75. The van der Waals surface area contributed by atoms with E-state index in [0.29, 0.717) is 6.42 Å². The molecule has 0 aliphatic carbocycles. The van der Waals surface area contributed by atoms with E-state index in [-0.39, 0.29) is 11.3 Å². The van der Waals surface area contributed by atoms with Crippen LogP contribution >= 0.6 is 0 Å². The van der Waals surface area contributed by atoms with Crippen LogP contribution in [-0.4, -0.2) is 7.11 Å². The SMILES string of the molecule is CCCCC(N)c1c(F)cc(OC)cc1F. The van der Waals surface area contributed by atoms with Crippen molar-refractivity contribution in [1.82, 2.24) is 0 Å². The Hall–Kier alpha value is -1.16. The molecule has 16 heavy (non-hydrogen) atoms. The molecular formula is C12H17F2NO. The van der Waals surface area contributed by atoms with Gasteiger partial charge in [-0.25, -0.2) is 8.78 Å². The standard InChI is InChI=1S/C12H17F2NO/c1-3-4-5-11(15)12-9(13)6-8(16-2)7-10(12)14/h6-7,11H,3-5,15H2,1-2H3. The Labute approximate surface area is 94.4 Å². The summed E-state index contributed by atoms with van der Waals surface area (Å²) in [4.78, 5) is 0. The number of nitrogens with two attached hydrogens (primary N) is 1. The van der Waals surface area contributed by atoms with Gasteiger partial charge < -0.3 is 10.5 Å². The zero-order valence-corrected chi connectivity index (χ0v) is 9.59. The van der Waals surface area contributed by atoms with Gasteiger partial charge in [-0.15, -0.1) is 0 Å². The molecule has 1 aromatic carbocycles. The third-order valence-corrected chi connectivity index (χ3v) is 2.53. The number of benzene rings is 1. The molecule has 1 aromatic rings. The van der Waals surface area contributed by atoms with Crippen molar-refractivity contribution in [1.29, 1.82) is 0 Å². The zero-order chi connectivity index (χ0) is 12.1. The van der Waals surface area contributed by atoms with Gasteiger partial charge >= 0.3 is 0 Å². The minimum Gasteiger partial charge on any atom is -0.497 e. The van der Waals surface area contributed by atoms with Crippen LogP contribution in [0, 0.1) is 11.6 Å². The summed E-state index contributed by atoms with van der Waals surface area (Å²) in [6.07, 6.45) is 2.38. The molecule has 0 heterocycles. The van der Waals surface area contributed by atoms with Crippen molar-refractivity contribution in [2.24, 2.45) is 5.73 Å². The van der Waals surface area contributed by atoms with Crippen LogP contribution in [0.2, 0.25) is 0 Å². The Kier molecular flexibility index (Phi) is 4.68. The molecule has 0 saturated carbocycles. The van der Waals surface area contributed by atoms with E-state index in [1.807, 2.05) is 6.92 Å². The first kappa shape index (κ1) is 12.9. The molecule has 0 aromatic heterocycles. The maximum absolute atomic E-state index is 13.6. The second kappa shape index (κ2) is 5.80. The van der Waals surface area contributed by atoms with E-state index >= 15 is 0 Å². The monoisotopic (exact) mass is 229 g/mol. The first-order chi connectivity index (χ1) is 7.60. The molecule has 0 fully saturated rings. The molecule has 0 aliphatic rings. The van der Waals surface area contributed by atoms with Gasteiger partial charge in [0.1, 0.15) is 17.4 Å². The molecule has 1 unspecified atom stereocenters. The smallest absolute Gasteiger partial charge is 0.134 e. The summed E-state index contributed by atoms with van der Waals surface area (Å²) in [5, 5.41) is 0. The fourth-order valence-corrected chi connectivity index (χ4v) is 1.60. The third kappa shape index (κ3) is 2.92. The van der Waals surface area contributed by atoms with E-state index in [1.165, 1.54) is 7.11 Å². The average Bonchev–Trinajstić information content (AvgIpc) is 2.25. The second-order valence-corrected chi connectivity index (χ2v) is 3.75. The van der Waals surface area contributed by atoms with Crippen molar-refractivity contribution in [3.05, 3.63) is 29.3 Å². The summed E-state index contributed by atoms with van der Waals surface area (Å²) in [5.41, 5.74) is 5.71. The number of hydrogen-bond acceptors (Lipinski definition) is 2. The summed E-state index contributed by atoms with van der Waals surface area (Å²) >= 11 is 0. The number of rotatable bonds is 5. The molecule has 2 nitrogen and oxygen atoms in total. The maximum atomic E-state index is 13.6. The highest BCUT2D eigenvalue weighted by atomic mass is 19.1. The van der Waals surface area contributed by atoms with Crippen LogP contribution in [0.5, 0.6) is 5.75 Å². The molecule has 90 valence electrons. The first-order valence-electron chi connectivity index (χ1n) is 5.38. The van der Waals surface area contributed by atoms with Gasteiger partial charge in [-0.2, -0.15) is 0 Å². The van der Waals surface area contributed by atoms with E-state index < -0.39 is 17.7 Å². The Morgan fingerprint density at radius 3 is 2.31 bits per heavy atom. The van der Waals surface area contributed by atoms with E-state index in [0.717, 1.165) is 25.0 Å². The van der Waals surface area contributed by atoms with E-state index in [9.17, 15) is 8.78 Å². The van der Waals surface area contributed by atoms with E-state index in [4.69, 9.17) is 10.5 Å². The van der Waals surface area contributed by atoms with Gasteiger partial charge in [-0.05, 0) is 6.42 Å². The number of unbranched alkanes of at least 4 members (excludes halogenated alkanes) is 1. The van der Waals surface area contributed by atoms with Gasteiger partial charge in [0.2, 0.25) is 0 Å². The zero-order valence-electron chi connectivity index (χ0n) is 9.59. The van der Waals surface area contributed by atoms with Crippen LogP contribution in [0.1, 0.15) is 37.8 Å². The molecule has 0 saturated heterocycles. The Bertz CT molecular complexity index is 332. The van der Waals surface area contributed by atoms with Crippen molar-refractivity contribution >= 4 is 0 Å². The maximum Gasteiger partial charge on any atom is 0.134 e. The lowest BCUT2D eigenvalue weighted by Gasteiger charge is -2.14. The minimum absolute atomic E-state index is 0.0470. The molecule has 2 N–H and O–H groups in total. The number of hydrogen-bond donors (Lipinski definition) is 1. The van der Waals surface area contributed by atoms with Gasteiger partial charge in [0.15, 0.2) is 0 Å². The van der Waals surface area contributed by atoms with Crippen LogP contribution in [-0.2, 0) is 0 Å². The van der Waals surface area contributed by atoms with E-state index in [2.05, 4.69) is 0 Å². The van der Waals surface area contributed by atoms with Crippen LogP contribution in [0.4, 0.5) is 8.78 Å². The lowest BCUT2D eigenvalue weighted by Crippen LogP contribution is -2.14. The topological polar surface area (TPSA) is 35.2 Å². The van der Waals surface area contributed by atoms with Crippen molar-refractivity contribution in [2.75, 3.05) is 7.11 Å². The van der Waals surface area contributed by atoms with Crippen LogP contribution in [0.15, 0.2) is 12.1 Å². The molecule has 0 bridgehead atoms. The highest BCUT2D eigenvalue weighted by molar-refractivity contribution is 5.32. The fourth-order valence-electron chi connectivity index (χ4n) is 1.60. The Morgan fingerprint density at radius 1 is 1.31 bits per heavy atom. The summed E-state index contributed by atoms with van der Waals surface area (Å²) < 4.78 is 31.9. The van der Waals surface area contributed by atoms with Crippen LogP contribution in [0.3, 0.4) is 0 Å². The largest absolute Gasteiger partial charge is 0.497 e. The van der Waals surface area contributed by atoms with Crippen molar-refractivity contribution in [3.63, 3.8) is 0 Å².